The summed E-state index contributed by atoms with van der Waals surface area (Å²) in [5, 5.41) is 10.1. The molecule has 3 aromatic rings. The van der Waals surface area contributed by atoms with Crippen molar-refractivity contribution < 1.29 is 22.7 Å². The minimum absolute atomic E-state index is 0.177. The van der Waals surface area contributed by atoms with Gasteiger partial charge in [0, 0.05) is 46.6 Å². The second kappa shape index (κ2) is 17.3. The highest BCUT2D eigenvalue weighted by molar-refractivity contribution is 6.31. The van der Waals surface area contributed by atoms with Crippen molar-refractivity contribution in [2.24, 2.45) is 4.99 Å². The number of unbranched alkanes of at least 4 members (excludes halogenated alkanes) is 2. The standard InChI is InChI=1S/C24H29ClFNO.C10H14F3N/c1-3-4-8-19-20-14-21(25)22(26)15-23(20)27-24(19)16(2)18-11-9-17(10-12-18)7-5-6-13-28;1-4-5-9(3)14-7-6-8(2)10(11,12)13/h9-12,14-16,27-28H,3-8,13H2,1-2H3;6-7H,2,4-5H2,1,3H3/b;7-6-,14-9?. The van der Waals surface area contributed by atoms with Crippen LogP contribution >= 0.6 is 11.6 Å². The van der Waals surface area contributed by atoms with Gasteiger partial charge in [-0.2, -0.15) is 13.2 Å². The van der Waals surface area contributed by atoms with E-state index >= 15 is 0 Å². The molecule has 3 nitrogen and oxygen atoms in total. The molecule has 0 aliphatic heterocycles. The summed E-state index contributed by atoms with van der Waals surface area (Å²) in [5.41, 5.74) is 5.68. The minimum atomic E-state index is -4.36. The monoisotopic (exact) mass is 606 g/mol. The summed E-state index contributed by atoms with van der Waals surface area (Å²) >= 11 is 6.06. The molecule has 1 aromatic heterocycles. The van der Waals surface area contributed by atoms with Crippen molar-refractivity contribution in [3.8, 4) is 0 Å². The van der Waals surface area contributed by atoms with Gasteiger partial charge in [-0.1, -0.05) is 76.1 Å². The average molecular weight is 607 g/mol. The zero-order chi connectivity index (χ0) is 31.3. The number of H-pyrrole nitrogens is 1. The van der Waals surface area contributed by atoms with Crippen LogP contribution in [0.15, 0.2) is 65.8 Å². The Morgan fingerprint density at radius 3 is 2.36 bits per heavy atom. The number of benzene rings is 2. The highest BCUT2D eigenvalue weighted by Crippen LogP contribution is 2.35. The molecule has 0 spiro atoms. The first-order valence-electron chi connectivity index (χ1n) is 14.6. The van der Waals surface area contributed by atoms with E-state index in [1.165, 1.54) is 22.8 Å². The van der Waals surface area contributed by atoms with Crippen LogP contribution < -0.4 is 0 Å². The van der Waals surface area contributed by atoms with Crippen LogP contribution in [-0.4, -0.2) is 28.6 Å². The van der Waals surface area contributed by atoms with Crippen molar-refractivity contribution >= 4 is 28.2 Å². The molecular formula is C34H43ClF4N2O. The van der Waals surface area contributed by atoms with Gasteiger partial charge in [0.25, 0.3) is 0 Å². The van der Waals surface area contributed by atoms with Gasteiger partial charge in [-0.25, -0.2) is 4.39 Å². The molecule has 0 aliphatic rings. The number of hydrogen-bond acceptors (Lipinski definition) is 2. The molecule has 0 radical (unpaired) electrons. The zero-order valence-corrected chi connectivity index (χ0v) is 25.8. The van der Waals surface area contributed by atoms with E-state index in [4.69, 9.17) is 16.7 Å². The van der Waals surface area contributed by atoms with Crippen molar-refractivity contribution in [2.45, 2.75) is 91.2 Å². The molecule has 42 heavy (non-hydrogen) atoms. The molecule has 1 atom stereocenters. The molecule has 0 fully saturated rings. The Hall–Kier alpha value is -2.90. The van der Waals surface area contributed by atoms with Gasteiger partial charge in [-0.05, 0) is 80.3 Å². The fourth-order valence-corrected chi connectivity index (χ4v) is 4.78. The highest BCUT2D eigenvalue weighted by Gasteiger charge is 2.29. The quantitative estimate of drug-likeness (QED) is 0.0864. The molecule has 1 heterocycles. The molecular weight excluding hydrogens is 564 g/mol. The number of hydrogen-bond donors (Lipinski definition) is 2. The molecule has 2 aromatic carbocycles. The van der Waals surface area contributed by atoms with Crippen LogP contribution in [0, 0.1) is 5.82 Å². The zero-order valence-electron chi connectivity index (χ0n) is 25.1. The third-order valence-electron chi connectivity index (χ3n) is 7.09. The first-order valence-corrected chi connectivity index (χ1v) is 15.0. The van der Waals surface area contributed by atoms with Crippen molar-refractivity contribution in [1.29, 1.82) is 0 Å². The van der Waals surface area contributed by atoms with Gasteiger partial charge < -0.3 is 10.1 Å². The van der Waals surface area contributed by atoms with Gasteiger partial charge in [-0.15, -0.1) is 0 Å². The second-order valence-electron chi connectivity index (χ2n) is 10.5. The van der Waals surface area contributed by atoms with E-state index in [2.05, 4.69) is 54.7 Å². The summed E-state index contributed by atoms with van der Waals surface area (Å²) in [7, 11) is 0. The maximum atomic E-state index is 14.0. The maximum absolute atomic E-state index is 14.0. The summed E-state index contributed by atoms with van der Waals surface area (Å²) in [4.78, 5) is 7.31. The van der Waals surface area contributed by atoms with Gasteiger partial charge in [0.05, 0.1) is 5.02 Å². The maximum Gasteiger partial charge on any atom is 0.415 e. The third kappa shape index (κ3) is 10.7. The average Bonchev–Trinajstić information content (AvgIpc) is 3.29. The van der Waals surface area contributed by atoms with E-state index in [1.807, 2.05) is 6.92 Å². The van der Waals surface area contributed by atoms with Crippen LogP contribution in [0.4, 0.5) is 17.6 Å². The number of aliphatic hydroxyl groups excluding tert-OH is 1. The van der Waals surface area contributed by atoms with Crippen molar-refractivity contribution in [2.75, 3.05) is 6.61 Å². The number of aliphatic hydroxyl groups is 1. The van der Waals surface area contributed by atoms with Gasteiger partial charge in [0.2, 0.25) is 0 Å². The molecule has 230 valence electrons. The number of aliphatic imine (C=N–C) groups is 1. The number of halogens is 5. The SMILES string of the molecule is C=C(/C=C\N=C(C)CCC)C(F)(F)F.CCCCc1c(C(C)c2ccc(CCCCO)cc2)[nH]c2cc(F)c(Cl)cc12. The molecule has 0 saturated heterocycles. The fourth-order valence-electron chi connectivity index (χ4n) is 4.61. The third-order valence-corrected chi connectivity index (χ3v) is 7.38. The lowest BCUT2D eigenvalue weighted by Gasteiger charge is -2.14. The van der Waals surface area contributed by atoms with E-state index < -0.39 is 11.7 Å². The van der Waals surface area contributed by atoms with Crippen molar-refractivity contribution in [3.05, 3.63) is 94.1 Å². The Balaban J connectivity index is 0.000000374. The second-order valence-corrected chi connectivity index (χ2v) is 10.9. The number of allylic oxidation sites excluding steroid dienone is 2. The van der Waals surface area contributed by atoms with Crippen LogP contribution in [-0.2, 0) is 12.8 Å². The molecule has 0 saturated carbocycles. The lowest BCUT2D eigenvalue weighted by atomic mass is 9.91. The normalized spacial score (nSPS) is 13.0. The number of nitrogens with one attached hydrogen (secondary N) is 1. The number of fused-ring (bicyclic) bond motifs is 1. The number of aromatic amines is 1. The van der Waals surface area contributed by atoms with Crippen molar-refractivity contribution in [3.63, 3.8) is 0 Å². The summed E-state index contributed by atoms with van der Waals surface area (Å²) in [5.74, 6) is -0.198. The van der Waals surface area contributed by atoms with Crippen LogP contribution in [0.25, 0.3) is 10.9 Å². The van der Waals surface area contributed by atoms with E-state index in [0.717, 1.165) is 86.0 Å². The summed E-state index contributed by atoms with van der Waals surface area (Å²) in [6.45, 7) is 11.3. The first kappa shape index (κ1) is 35.3. The van der Waals surface area contributed by atoms with Gasteiger partial charge in [0.15, 0.2) is 0 Å². The van der Waals surface area contributed by atoms with Gasteiger partial charge in [-0.3, -0.25) is 4.99 Å². The number of aromatic nitrogens is 1. The van der Waals surface area contributed by atoms with E-state index in [9.17, 15) is 17.6 Å². The topological polar surface area (TPSA) is 48.4 Å². The van der Waals surface area contributed by atoms with E-state index in [-0.39, 0.29) is 23.4 Å². The Kier molecular flexibility index (Phi) is 14.5. The summed E-state index contributed by atoms with van der Waals surface area (Å²) < 4.78 is 49.7. The van der Waals surface area contributed by atoms with Crippen LogP contribution in [0.3, 0.4) is 0 Å². The molecule has 2 N–H and O–H groups in total. The highest BCUT2D eigenvalue weighted by atomic mass is 35.5. The predicted molar refractivity (Wildman–Crippen MR) is 168 cm³/mol. The van der Waals surface area contributed by atoms with Gasteiger partial charge >= 0.3 is 6.18 Å². The predicted octanol–water partition coefficient (Wildman–Crippen LogP) is 10.6. The van der Waals surface area contributed by atoms with Crippen molar-refractivity contribution in [1.82, 2.24) is 4.98 Å². The number of rotatable bonds is 13. The molecule has 1 unspecified atom stereocenters. The van der Waals surface area contributed by atoms with Crippen LogP contribution in [0.5, 0.6) is 0 Å². The van der Waals surface area contributed by atoms with E-state index in [0.29, 0.717) is 0 Å². The van der Waals surface area contributed by atoms with Crippen LogP contribution in [0.1, 0.15) is 94.5 Å². The molecule has 3 rings (SSSR count). The minimum Gasteiger partial charge on any atom is -0.396 e. The number of alkyl halides is 3. The molecule has 0 amide bonds. The molecule has 0 bridgehead atoms. The summed E-state index contributed by atoms with van der Waals surface area (Å²) in [6, 6.07) is 12.0. The Morgan fingerprint density at radius 2 is 1.76 bits per heavy atom. The lowest BCUT2D eigenvalue weighted by Crippen LogP contribution is -2.08. The lowest BCUT2D eigenvalue weighted by molar-refractivity contribution is -0.0878. The Labute approximate surface area is 252 Å². The Morgan fingerprint density at radius 1 is 1.07 bits per heavy atom. The number of nitrogens with zero attached hydrogens (tertiary/aromatic N) is 1. The van der Waals surface area contributed by atoms with Gasteiger partial charge in [0.1, 0.15) is 5.82 Å². The Bertz CT molecular complexity index is 1340. The molecule has 8 heteroatoms. The van der Waals surface area contributed by atoms with Crippen LogP contribution in [0.2, 0.25) is 5.02 Å². The summed E-state index contributed by atoms with van der Waals surface area (Å²) in [6.07, 6.45) is 5.37. The molecule has 0 aliphatic carbocycles. The first-order chi connectivity index (χ1) is 19.9. The largest absolute Gasteiger partial charge is 0.415 e. The smallest absolute Gasteiger partial charge is 0.396 e. The fraction of sp³-hybridized carbons (Fsp3) is 0.441. The number of aryl methyl sites for hydroxylation is 2. The van der Waals surface area contributed by atoms with E-state index in [1.54, 1.807) is 13.0 Å².